The van der Waals surface area contributed by atoms with Crippen LogP contribution in [0.4, 0.5) is 0 Å². The second-order valence-electron chi connectivity index (χ2n) is 5.64. The fourth-order valence-corrected chi connectivity index (χ4v) is 2.01. The van der Waals surface area contributed by atoms with Gasteiger partial charge < -0.3 is 4.74 Å². The van der Waals surface area contributed by atoms with E-state index in [0.29, 0.717) is 0 Å². The number of hydrogen-bond donors (Lipinski definition) is 0. The molecule has 0 N–H and O–H groups in total. The third-order valence-corrected chi connectivity index (χ3v) is 3.85. The first-order valence-corrected chi connectivity index (χ1v) is 5.64. The van der Waals surface area contributed by atoms with Crippen molar-refractivity contribution in [2.45, 2.75) is 39.7 Å². The molecule has 2 rings (SSSR count). The normalized spacial score (nSPS) is 20.4. The number of terminal acetylenes is 1. The molecule has 0 spiro atoms. The standard InChI is InChI=1S/C15H18O/c1-6-11-7-8-13-12(9-11)10-14(2,3)15(4,5)16-13/h1,7-9H,10H2,2-5H3. The third-order valence-electron chi connectivity index (χ3n) is 3.85. The Morgan fingerprint density at radius 2 is 1.94 bits per heavy atom. The first-order chi connectivity index (χ1) is 7.36. The first kappa shape index (κ1) is 11.1. The van der Waals surface area contributed by atoms with E-state index in [1.54, 1.807) is 0 Å². The highest BCUT2D eigenvalue weighted by Gasteiger charge is 2.43. The Labute approximate surface area is 97.8 Å². The second kappa shape index (κ2) is 3.28. The molecule has 1 aliphatic rings. The third kappa shape index (κ3) is 1.59. The van der Waals surface area contributed by atoms with Gasteiger partial charge >= 0.3 is 0 Å². The Bertz CT molecular complexity index is 461. The van der Waals surface area contributed by atoms with E-state index in [2.05, 4.69) is 39.7 Å². The highest BCUT2D eigenvalue weighted by Crippen LogP contribution is 2.44. The molecule has 84 valence electrons. The largest absolute Gasteiger partial charge is 0.487 e. The lowest BCUT2D eigenvalue weighted by Crippen LogP contribution is -2.48. The fourth-order valence-electron chi connectivity index (χ4n) is 2.01. The smallest absolute Gasteiger partial charge is 0.123 e. The summed E-state index contributed by atoms with van der Waals surface area (Å²) in [7, 11) is 0. The van der Waals surface area contributed by atoms with Crippen molar-refractivity contribution in [1.29, 1.82) is 0 Å². The molecular weight excluding hydrogens is 196 g/mol. The lowest BCUT2D eigenvalue weighted by Gasteiger charge is -2.46. The molecule has 1 aliphatic heterocycles. The summed E-state index contributed by atoms with van der Waals surface area (Å²) in [5, 5.41) is 0. The Kier molecular flexibility index (Phi) is 2.27. The zero-order valence-electron chi connectivity index (χ0n) is 10.4. The van der Waals surface area contributed by atoms with Crippen LogP contribution in [-0.2, 0) is 6.42 Å². The van der Waals surface area contributed by atoms with Gasteiger partial charge in [0.05, 0.1) is 0 Å². The molecule has 0 unspecified atom stereocenters. The van der Waals surface area contributed by atoms with E-state index in [-0.39, 0.29) is 11.0 Å². The van der Waals surface area contributed by atoms with Crippen molar-refractivity contribution in [2.24, 2.45) is 5.41 Å². The molecule has 1 nitrogen and oxygen atoms in total. The van der Waals surface area contributed by atoms with Crippen LogP contribution < -0.4 is 4.74 Å². The number of rotatable bonds is 0. The van der Waals surface area contributed by atoms with E-state index in [9.17, 15) is 0 Å². The summed E-state index contributed by atoms with van der Waals surface area (Å²) in [6, 6.07) is 5.99. The molecule has 0 atom stereocenters. The maximum atomic E-state index is 6.07. The molecule has 16 heavy (non-hydrogen) atoms. The predicted octanol–water partition coefficient (Wildman–Crippen LogP) is 3.41. The zero-order valence-corrected chi connectivity index (χ0v) is 10.4. The summed E-state index contributed by atoms with van der Waals surface area (Å²) in [4.78, 5) is 0. The summed E-state index contributed by atoms with van der Waals surface area (Å²) >= 11 is 0. The Hall–Kier alpha value is -1.42. The molecule has 1 aromatic carbocycles. The monoisotopic (exact) mass is 214 g/mol. The van der Waals surface area contributed by atoms with Crippen LogP contribution in [0.25, 0.3) is 0 Å². The van der Waals surface area contributed by atoms with Gasteiger partial charge in [0.25, 0.3) is 0 Å². The summed E-state index contributed by atoms with van der Waals surface area (Å²) < 4.78 is 6.07. The van der Waals surface area contributed by atoms with Crippen molar-refractivity contribution < 1.29 is 4.74 Å². The van der Waals surface area contributed by atoms with Gasteiger partial charge in [-0.2, -0.15) is 0 Å². The first-order valence-electron chi connectivity index (χ1n) is 5.64. The van der Waals surface area contributed by atoms with Crippen LogP contribution in [0, 0.1) is 17.8 Å². The maximum absolute atomic E-state index is 6.07. The zero-order chi connectivity index (χ0) is 12.0. The molecule has 1 heteroatoms. The lowest BCUT2D eigenvalue weighted by molar-refractivity contribution is -0.0270. The number of ether oxygens (including phenoxy) is 1. The van der Waals surface area contributed by atoms with Gasteiger partial charge in [-0.3, -0.25) is 0 Å². The van der Waals surface area contributed by atoms with Gasteiger partial charge in [0.2, 0.25) is 0 Å². The minimum Gasteiger partial charge on any atom is -0.487 e. The van der Waals surface area contributed by atoms with Gasteiger partial charge in [0.1, 0.15) is 11.4 Å². The Morgan fingerprint density at radius 3 is 2.56 bits per heavy atom. The van der Waals surface area contributed by atoms with Gasteiger partial charge in [-0.1, -0.05) is 19.8 Å². The van der Waals surface area contributed by atoms with Crippen molar-refractivity contribution in [1.82, 2.24) is 0 Å². The molecule has 0 saturated carbocycles. The molecule has 0 bridgehead atoms. The molecule has 0 aromatic heterocycles. The SMILES string of the molecule is C#Cc1ccc2c(c1)CC(C)(C)C(C)(C)O2. The van der Waals surface area contributed by atoms with Crippen LogP contribution in [0.2, 0.25) is 0 Å². The van der Waals surface area contributed by atoms with E-state index >= 15 is 0 Å². The van der Waals surface area contributed by atoms with E-state index < -0.39 is 0 Å². The van der Waals surface area contributed by atoms with Crippen LogP contribution in [-0.4, -0.2) is 5.60 Å². The van der Waals surface area contributed by atoms with E-state index in [1.165, 1.54) is 5.56 Å². The number of hydrogen-bond acceptors (Lipinski definition) is 1. The highest BCUT2D eigenvalue weighted by molar-refractivity contribution is 5.45. The molecule has 1 heterocycles. The van der Waals surface area contributed by atoms with Crippen molar-refractivity contribution in [3.8, 4) is 18.1 Å². The fraction of sp³-hybridized carbons (Fsp3) is 0.467. The van der Waals surface area contributed by atoms with Gasteiger partial charge in [0, 0.05) is 11.0 Å². The maximum Gasteiger partial charge on any atom is 0.123 e. The van der Waals surface area contributed by atoms with E-state index in [0.717, 1.165) is 17.7 Å². The second-order valence-corrected chi connectivity index (χ2v) is 5.64. The van der Waals surface area contributed by atoms with Crippen LogP contribution in [0.3, 0.4) is 0 Å². The van der Waals surface area contributed by atoms with E-state index in [1.807, 2.05) is 12.1 Å². The van der Waals surface area contributed by atoms with Crippen molar-refractivity contribution >= 4 is 0 Å². The molecule has 0 radical (unpaired) electrons. The van der Waals surface area contributed by atoms with Crippen LogP contribution in [0.1, 0.15) is 38.8 Å². The van der Waals surface area contributed by atoms with Crippen molar-refractivity contribution in [2.75, 3.05) is 0 Å². The molecular formula is C15H18O. The summed E-state index contributed by atoms with van der Waals surface area (Å²) in [5.74, 6) is 3.64. The quantitative estimate of drug-likeness (QED) is 0.601. The Balaban J connectivity index is 2.48. The molecule has 0 fully saturated rings. The van der Waals surface area contributed by atoms with E-state index in [4.69, 9.17) is 11.2 Å². The number of benzene rings is 1. The average Bonchev–Trinajstić information content (AvgIpc) is 2.18. The minimum absolute atomic E-state index is 0.118. The molecule has 0 saturated heterocycles. The van der Waals surface area contributed by atoms with Crippen molar-refractivity contribution in [3.05, 3.63) is 29.3 Å². The minimum atomic E-state index is -0.141. The average molecular weight is 214 g/mol. The van der Waals surface area contributed by atoms with Gasteiger partial charge in [-0.05, 0) is 44.0 Å². The summed E-state index contributed by atoms with van der Waals surface area (Å²) in [5.41, 5.74) is 2.13. The van der Waals surface area contributed by atoms with Gasteiger partial charge in [0.15, 0.2) is 0 Å². The predicted molar refractivity (Wildman–Crippen MR) is 66.6 cm³/mol. The van der Waals surface area contributed by atoms with Crippen LogP contribution in [0.15, 0.2) is 18.2 Å². The van der Waals surface area contributed by atoms with Gasteiger partial charge in [-0.15, -0.1) is 6.42 Å². The highest BCUT2D eigenvalue weighted by atomic mass is 16.5. The topological polar surface area (TPSA) is 9.23 Å². The van der Waals surface area contributed by atoms with Crippen molar-refractivity contribution in [3.63, 3.8) is 0 Å². The van der Waals surface area contributed by atoms with Crippen LogP contribution in [0.5, 0.6) is 5.75 Å². The molecule has 0 aliphatic carbocycles. The Morgan fingerprint density at radius 1 is 1.25 bits per heavy atom. The van der Waals surface area contributed by atoms with Crippen LogP contribution >= 0.6 is 0 Å². The number of fused-ring (bicyclic) bond motifs is 1. The lowest BCUT2D eigenvalue weighted by atomic mass is 9.71. The molecule has 0 amide bonds. The summed E-state index contributed by atoms with van der Waals surface area (Å²) in [6.45, 7) is 8.76. The van der Waals surface area contributed by atoms with Gasteiger partial charge in [-0.25, -0.2) is 0 Å². The molecule has 1 aromatic rings. The summed E-state index contributed by atoms with van der Waals surface area (Å²) in [6.07, 6.45) is 6.42.